The summed E-state index contributed by atoms with van der Waals surface area (Å²) in [6.45, 7) is 11.9. The Balaban J connectivity index is 5.25. The smallest absolute Gasteiger partial charge is 0.462 e. The molecule has 0 fully saturated rings. The van der Waals surface area contributed by atoms with Crippen LogP contribution in [0.3, 0.4) is 0 Å². The molecule has 0 radical (unpaired) electrons. The summed E-state index contributed by atoms with van der Waals surface area (Å²) >= 11 is 0. The highest BCUT2D eigenvalue weighted by Gasteiger charge is 2.30. The number of rotatable bonds is 78. The molecular weight excluding hydrogens is 1290 g/mol. The number of phosphoric acid groups is 2. The molecule has 7 atom stereocenters. The van der Waals surface area contributed by atoms with Gasteiger partial charge in [0.2, 0.25) is 0 Å². The molecule has 588 valence electrons. The lowest BCUT2D eigenvalue weighted by Crippen LogP contribution is -2.30. The van der Waals surface area contributed by atoms with Crippen molar-refractivity contribution < 1.29 is 80.2 Å². The third-order valence-corrected chi connectivity index (χ3v) is 21.3. The molecular formula is C80H156O17P2. The third kappa shape index (κ3) is 71.5. The largest absolute Gasteiger partial charge is 0.472 e. The van der Waals surface area contributed by atoms with Crippen LogP contribution in [0.15, 0.2) is 0 Å². The van der Waals surface area contributed by atoms with Gasteiger partial charge in [-0.1, -0.05) is 363 Å². The van der Waals surface area contributed by atoms with Crippen molar-refractivity contribution in [3.05, 3.63) is 0 Å². The molecule has 4 unspecified atom stereocenters. The lowest BCUT2D eigenvalue weighted by Gasteiger charge is -2.21. The van der Waals surface area contributed by atoms with Crippen molar-refractivity contribution in [1.29, 1.82) is 0 Å². The average Bonchev–Trinajstić information content (AvgIpc) is 0.999. The summed E-state index contributed by atoms with van der Waals surface area (Å²) in [4.78, 5) is 73.0. The quantitative estimate of drug-likeness (QED) is 0.0222. The number of esters is 4. The van der Waals surface area contributed by atoms with Gasteiger partial charge in [-0.25, -0.2) is 9.13 Å². The maximum atomic E-state index is 13.1. The summed E-state index contributed by atoms with van der Waals surface area (Å²) in [6, 6.07) is 0. The first-order valence-corrected chi connectivity index (χ1v) is 44.4. The zero-order chi connectivity index (χ0) is 73.0. The van der Waals surface area contributed by atoms with Crippen molar-refractivity contribution in [1.82, 2.24) is 0 Å². The molecule has 0 saturated carbocycles. The van der Waals surface area contributed by atoms with Gasteiger partial charge < -0.3 is 33.8 Å². The number of aliphatic hydroxyl groups excluding tert-OH is 1. The number of hydrogen-bond acceptors (Lipinski definition) is 15. The predicted octanol–water partition coefficient (Wildman–Crippen LogP) is 23.7. The van der Waals surface area contributed by atoms with E-state index in [1.807, 2.05) is 0 Å². The minimum absolute atomic E-state index is 0.106. The number of carbonyl (C=O) groups excluding carboxylic acids is 4. The van der Waals surface area contributed by atoms with Gasteiger partial charge in [-0.15, -0.1) is 0 Å². The second-order valence-electron chi connectivity index (χ2n) is 29.8. The Labute approximate surface area is 607 Å². The average molecular weight is 1450 g/mol. The van der Waals surface area contributed by atoms with E-state index in [-0.39, 0.29) is 25.7 Å². The minimum Gasteiger partial charge on any atom is -0.462 e. The molecule has 17 nitrogen and oxygen atoms in total. The van der Waals surface area contributed by atoms with E-state index in [0.717, 1.165) is 108 Å². The predicted molar refractivity (Wildman–Crippen MR) is 405 cm³/mol. The van der Waals surface area contributed by atoms with Crippen LogP contribution in [-0.2, 0) is 65.4 Å². The molecule has 0 spiro atoms. The first kappa shape index (κ1) is 97.1. The maximum absolute atomic E-state index is 13.1. The van der Waals surface area contributed by atoms with Crippen molar-refractivity contribution in [2.24, 2.45) is 17.8 Å². The minimum atomic E-state index is -4.96. The van der Waals surface area contributed by atoms with Gasteiger partial charge >= 0.3 is 39.5 Å². The normalized spacial score (nSPS) is 14.5. The van der Waals surface area contributed by atoms with E-state index >= 15 is 0 Å². The fourth-order valence-corrected chi connectivity index (χ4v) is 13.8. The second-order valence-corrected chi connectivity index (χ2v) is 32.7. The van der Waals surface area contributed by atoms with E-state index in [1.165, 1.54) is 225 Å². The molecule has 0 aromatic carbocycles. The summed E-state index contributed by atoms with van der Waals surface area (Å²) in [5, 5.41) is 10.6. The van der Waals surface area contributed by atoms with E-state index in [1.54, 1.807) is 0 Å². The fourth-order valence-electron chi connectivity index (χ4n) is 12.2. The van der Waals surface area contributed by atoms with Crippen molar-refractivity contribution in [3.8, 4) is 0 Å². The van der Waals surface area contributed by atoms with Crippen LogP contribution in [0.2, 0.25) is 0 Å². The van der Waals surface area contributed by atoms with Crippen LogP contribution in [-0.4, -0.2) is 96.7 Å². The Morgan fingerprint density at radius 2 is 0.515 bits per heavy atom. The molecule has 0 aliphatic rings. The molecule has 0 saturated heterocycles. The van der Waals surface area contributed by atoms with Gasteiger partial charge in [-0.2, -0.15) is 0 Å². The van der Waals surface area contributed by atoms with Crippen LogP contribution in [0.1, 0.15) is 414 Å². The monoisotopic (exact) mass is 1450 g/mol. The van der Waals surface area contributed by atoms with Crippen LogP contribution in [0.5, 0.6) is 0 Å². The van der Waals surface area contributed by atoms with E-state index in [0.29, 0.717) is 25.7 Å². The number of carbonyl (C=O) groups is 4. The van der Waals surface area contributed by atoms with Gasteiger partial charge in [0.1, 0.15) is 19.3 Å². The number of aliphatic hydroxyl groups is 1. The Morgan fingerprint density at radius 1 is 0.293 bits per heavy atom. The van der Waals surface area contributed by atoms with E-state index < -0.39 is 97.5 Å². The standard InChI is InChI=1S/C80H156O17P2/c1-8-11-12-13-14-15-16-17-18-19-20-21-22-23-24-25-33-42-49-56-63-79(84)96-75(67-90-77(82)61-54-47-40-32-28-26-30-38-45-52-59-72(6)9-2)69-94-98(86,87)92-65-74(81)66-93-99(88,89)95-70-76(68-91-78(83)62-55-48-41-36-35-37-44-51-58-71(4)5)97-80(85)64-57-50-43-34-29-27-31-39-46-53-60-73(7)10-3/h71-76,81H,8-70H2,1-7H3,(H,86,87)(H,88,89)/t72?,73?,74-,75-,76-/m1/s1. The molecule has 0 bridgehead atoms. The zero-order valence-corrected chi connectivity index (χ0v) is 66.8. The van der Waals surface area contributed by atoms with Crippen molar-refractivity contribution in [3.63, 3.8) is 0 Å². The van der Waals surface area contributed by atoms with E-state index in [2.05, 4.69) is 48.5 Å². The van der Waals surface area contributed by atoms with Crippen LogP contribution < -0.4 is 0 Å². The number of hydrogen-bond donors (Lipinski definition) is 3. The van der Waals surface area contributed by atoms with Crippen molar-refractivity contribution >= 4 is 39.5 Å². The first-order chi connectivity index (χ1) is 47.8. The molecule has 0 aromatic heterocycles. The third-order valence-electron chi connectivity index (χ3n) is 19.4. The molecule has 0 heterocycles. The summed E-state index contributed by atoms with van der Waals surface area (Å²) in [6.07, 6.45) is 58.2. The van der Waals surface area contributed by atoms with Gasteiger partial charge in [0, 0.05) is 25.7 Å². The maximum Gasteiger partial charge on any atom is 0.472 e. The van der Waals surface area contributed by atoms with E-state index in [4.69, 9.17) is 37.0 Å². The van der Waals surface area contributed by atoms with E-state index in [9.17, 15) is 43.2 Å². The van der Waals surface area contributed by atoms with Gasteiger partial charge in [0.15, 0.2) is 12.2 Å². The lowest BCUT2D eigenvalue weighted by atomic mass is 9.99. The number of ether oxygens (including phenoxy) is 4. The highest BCUT2D eigenvalue weighted by atomic mass is 31.2. The van der Waals surface area contributed by atoms with Crippen LogP contribution in [0, 0.1) is 17.8 Å². The Hall–Kier alpha value is -1.94. The molecule has 0 rings (SSSR count). The molecule has 99 heavy (non-hydrogen) atoms. The summed E-state index contributed by atoms with van der Waals surface area (Å²) in [7, 11) is -9.92. The van der Waals surface area contributed by atoms with Gasteiger partial charge in [-0.3, -0.25) is 37.3 Å². The van der Waals surface area contributed by atoms with Crippen molar-refractivity contribution in [2.75, 3.05) is 39.6 Å². The molecule has 19 heteroatoms. The topological polar surface area (TPSA) is 237 Å². The molecule has 3 N–H and O–H groups in total. The Kier molecular flexibility index (Phi) is 69.0. The fraction of sp³-hybridized carbons (Fsp3) is 0.950. The zero-order valence-electron chi connectivity index (χ0n) is 65.0. The highest BCUT2D eigenvalue weighted by molar-refractivity contribution is 7.47. The molecule has 0 aliphatic heterocycles. The summed E-state index contributed by atoms with van der Waals surface area (Å²) < 4.78 is 68.7. The first-order valence-electron chi connectivity index (χ1n) is 41.4. The Morgan fingerprint density at radius 3 is 0.768 bits per heavy atom. The van der Waals surface area contributed by atoms with Gasteiger partial charge in [0.05, 0.1) is 26.4 Å². The molecule has 0 amide bonds. The summed E-state index contributed by atoms with van der Waals surface area (Å²) in [5.74, 6) is 0.225. The van der Waals surface area contributed by atoms with Gasteiger partial charge in [0.25, 0.3) is 0 Å². The second kappa shape index (κ2) is 70.4. The van der Waals surface area contributed by atoms with Crippen LogP contribution in [0.25, 0.3) is 0 Å². The Bertz CT molecular complexity index is 1930. The lowest BCUT2D eigenvalue weighted by molar-refractivity contribution is -0.161. The number of unbranched alkanes of at least 4 members (excludes halogenated alkanes) is 44. The van der Waals surface area contributed by atoms with Gasteiger partial charge in [-0.05, 0) is 43.4 Å². The highest BCUT2D eigenvalue weighted by Crippen LogP contribution is 2.45. The number of phosphoric ester groups is 2. The SMILES string of the molecule is CCCCCCCCCCCCCCCCCCCCCCC(=O)O[C@H](COC(=O)CCCCCCCCCCCCC(C)CC)COP(=O)(O)OC[C@@H](O)COP(=O)(O)OC[C@@H](COC(=O)CCCCCCCCCCC(C)C)OC(=O)CCCCCCCCCCCCC(C)CC. The van der Waals surface area contributed by atoms with Crippen LogP contribution in [0.4, 0.5) is 0 Å². The summed E-state index contributed by atoms with van der Waals surface area (Å²) in [5.41, 5.74) is 0. The van der Waals surface area contributed by atoms with Crippen molar-refractivity contribution in [2.45, 2.75) is 433 Å². The van der Waals surface area contributed by atoms with Crippen LogP contribution >= 0.6 is 15.6 Å². The molecule has 0 aromatic rings. The molecule has 0 aliphatic carbocycles.